The van der Waals surface area contributed by atoms with Gasteiger partial charge < -0.3 is 0 Å². The van der Waals surface area contributed by atoms with Crippen molar-refractivity contribution in [1.29, 1.82) is 0 Å². The lowest BCUT2D eigenvalue weighted by molar-refractivity contribution is 0.543. The van der Waals surface area contributed by atoms with Crippen molar-refractivity contribution in [3.8, 4) is 0 Å². The SMILES string of the molecule is CC(C)CS(=O)(=O)C(C)(C)c1ccccc1. The molecule has 0 aliphatic heterocycles. The van der Waals surface area contributed by atoms with Crippen molar-refractivity contribution in [2.45, 2.75) is 32.4 Å². The zero-order valence-corrected chi connectivity index (χ0v) is 11.2. The second-order valence-corrected chi connectivity index (χ2v) is 7.64. The Bertz CT molecular complexity index is 430. The highest BCUT2D eigenvalue weighted by Gasteiger charge is 2.35. The number of rotatable bonds is 4. The van der Waals surface area contributed by atoms with Crippen LogP contribution in [0, 0.1) is 5.92 Å². The van der Waals surface area contributed by atoms with Crippen LogP contribution < -0.4 is 0 Å². The maximum absolute atomic E-state index is 12.3. The van der Waals surface area contributed by atoms with Gasteiger partial charge in [0, 0.05) is 0 Å². The van der Waals surface area contributed by atoms with Crippen LogP contribution >= 0.6 is 0 Å². The topological polar surface area (TPSA) is 34.1 Å². The second kappa shape index (κ2) is 4.58. The van der Waals surface area contributed by atoms with Gasteiger partial charge >= 0.3 is 0 Å². The van der Waals surface area contributed by atoms with E-state index in [0.717, 1.165) is 5.56 Å². The number of benzene rings is 1. The Morgan fingerprint density at radius 1 is 1.12 bits per heavy atom. The molecule has 1 aromatic carbocycles. The van der Waals surface area contributed by atoms with Crippen molar-refractivity contribution in [2.75, 3.05) is 5.75 Å². The highest BCUT2D eigenvalue weighted by molar-refractivity contribution is 7.92. The number of hydrogen-bond acceptors (Lipinski definition) is 2. The fourth-order valence-corrected chi connectivity index (χ4v) is 3.46. The summed E-state index contributed by atoms with van der Waals surface area (Å²) in [6.07, 6.45) is 0. The van der Waals surface area contributed by atoms with Gasteiger partial charge in [-0.05, 0) is 25.3 Å². The van der Waals surface area contributed by atoms with Crippen molar-refractivity contribution in [3.05, 3.63) is 35.9 Å². The Kier molecular flexibility index (Phi) is 3.79. The summed E-state index contributed by atoms with van der Waals surface area (Å²) in [5, 5.41) is 0. The highest BCUT2D eigenvalue weighted by Crippen LogP contribution is 2.30. The molecule has 0 aromatic heterocycles. The molecule has 16 heavy (non-hydrogen) atoms. The molecule has 0 aliphatic carbocycles. The van der Waals surface area contributed by atoms with Gasteiger partial charge in [0.25, 0.3) is 0 Å². The summed E-state index contributed by atoms with van der Waals surface area (Å²) in [5.74, 6) is 0.391. The van der Waals surface area contributed by atoms with Gasteiger partial charge in [0.1, 0.15) is 0 Å². The lowest BCUT2D eigenvalue weighted by atomic mass is 10.0. The molecular formula is C13H20O2S. The molecule has 3 heteroatoms. The van der Waals surface area contributed by atoms with Crippen molar-refractivity contribution in [3.63, 3.8) is 0 Å². The summed E-state index contributed by atoms with van der Waals surface area (Å²) < 4.78 is 23.7. The van der Waals surface area contributed by atoms with Gasteiger partial charge in [-0.15, -0.1) is 0 Å². The quantitative estimate of drug-likeness (QED) is 0.810. The van der Waals surface area contributed by atoms with Crippen LogP contribution in [-0.2, 0) is 14.6 Å². The summed E-state index contributed by atoms with van der Waals surface area (Å²) in [6, 6.07) is 9.40. The molecule has 0 radical (unpaired) electrons. The van der Waals surface area contributed by atoms with Crippen molar-refractivity contribution in [1.82, 2.24) is 0 Å². The van der Waals surface area contributed by atoms with E-state index < -0.39 is 14.6 Å². The maximum atomic E-state index is 12.3. The number of sulfone groups is 1. The van der Waals surface area contributed by atoms with Crippen molar-refractivity contribution >= 4 is 9.84 Å². The number of hydrogen-bond donors (Lipinski definition) is 0. The van der Waals surface area contributed by atoms with Crippen LogP contribution in [0.3, 0.4) is 0 Å². The smallest absolute Gasteiger partial charge is 0.159 e. The summed E-state index contributed by atoms with van der Waals surface area (Å²) in [5.41, 5.74) is 0.857. The molecule has 0 heterocycles. The normalized spacial score (nSPS) is 13.1. The second-order valence-electron chi connectivity index (χ2n) is 5.05. The van der Waals surface area contributed by atoms with E-state index in [1.165, 1.54) is 0 Å². The van der Waals surface area contributed by atoms with Crippen LogP contribution in [0.25, 0.3) is 0 Å². The first-order valence-corrected chi connectivity index (χ1v) is 7.20. The van der Waals surface area contributed by atoms with Gasteiger partial charge in [0.15, 0.2) is 9.84 Å². The molecule has 0 saturated heterocycles. The van der Waals surface area contributed by atoms with Crippen LogP contribution in [0.15, 0.2) is 30.3 Å². The Morgan fingerprint density at radius 2 is 1.62 bits per heavy atom. The van der Waals surface area contributed by atoms with E-state index in [9.17, 15) is 8.42 Å². The van der Waals surface area contributed by atoms with Crippen LogP contribution in [0.4, 0.5) is 0 Å². The van der Waals surface area contributed by atoms with Gasteiger partial charge in [-0.1, -0.05) is 44.2 Å². The summed E-state index contributed by atoms with van der Waals surface area (Å²) in [7, 11) is -3.11. The molecule has 0 unspecified atom stereocenters. The predicted molar refractivity (Wildman–Crippen MR) is 68.1 cm³/mol. The van der Waals surface area contributed by atoms with E-state index >= 15 is 0 Å². The van der Waals surface area contributed by atoms with Crippen molar-refractivity contribution < 1.29 is 8.42 Å². The van der Waals surface area contributed by atoms with Crippen LogP contribution in [0.1, 0.15) is 33.3 Å². The average Bonchev–Trinajstić information content (AvgIpc) is 2.17. The summed E-state index contributed by atoms with van der Waals surface area (Å²) in [4.78, 5) is 0. The Hall–Kier alpha value is -0.830. The highest BCUT2D eigenvalue weighted by atomic mass is 32.2. The predicted octanol–water partition coefficient (Wildman–Crippen LogP) is 2.99. The largest absolute Gasteiger partial charge is 0.228 e. The van der Waals surface area contributed by atoms with Gasteiger partial charge in [0.05, 0.1) is 10.5 Å². The van der Waals surface area contributed by atoms with Crippen LogP contribution in [-0.4, -0.2) is 14.2 Å². The Morgan fingerprint density at radius 3 is 2.06 bits per heavy atom. The minimum Gasteiger partial charge on any atom is -0.228 e. The van der Waals surface area contributed by atoms with E-state index in [4.69, 9.17) is 0 Å². The minimum absolute atomic E-state index is 0.160. The summed E-state index contributed by atoms with van der Waals surface area (Å²) >= 11 is 0. The third kappa shape index (κ3) is 2.64. The van der Waals surface area contributed by atoms with Gasteiger partial charge in [-0.2, -0.15) is 0 Å². The third-order valence-corrected chi connectivity index (χ3v) is 5.70. The first kappa shape index (κ1) is 13.2. The standard InChI is InChI=1S/C13H20O2S/c1-11(2)10-16(14,15)13(3,4)12-8-6-5-7-9-12/h5-9,11H,10H2,1-4H3. The molecule has 0 spiro atoms. The molecule has 90 valence electrons. The molecule has 0 saturated carbocycles. The van der Waals surface area contributed by atoms with E-state index in [0.29, 0.717) is 0 Å². The first-order valence-electron chi connectivity index (χ1n) is 5.55. The van der Waals surface area contributed by atoms with Crippen LogP contribution in [0.5, 0.6) is 0 Å². The van der Waals surface area contributed by atoms with E-state index in [-0.39, 0.29) is 11.7 Å². The fraction of sp³-hybridized carbons (Fsp3) is 0.538. The molecule has 1 rings (SSSR count). The molecule has 0 fully saturated rings. The lowest BCUT2D eigenvalue weighted by Gasteiger charge is -2.26. The van der Waals surface area contributed by atoms with Gasteiger partial charge in [-0.25, -0.2) is 8.42 Å². The van der Waals surface area contributed by atoms with Gasteiger partial charge in [-0.3, -0.25) is 0 Å². The molecular weight excluding hydrogens is 220 g/mol. The maximum Gasteiger partial charge on any atom is 0.159 e. The fourth-order valence-electron chi connectivity index (χ4n) is 1.67. The Labute approximate surface area is 98.6 Å². The molecule has 0 N–H and O–H groups in total. The molecule has 0 amide bonds. The molecule has 0 atom stereocenters. The lowest BCUT2D eigenvalue weighted by Crippen LogP contribution is -2.33. The first-order chi connectivity index (χ1) is 7.27. The van der Waals surface area contributed by atoms with E-state index in [1.54, 1.807) is 13.8 Å². The zero-order valence-electron chi connectivity index (χ0n) is 10.4. The average molecular weight is 240 g/mol. The molecule has 0 bridgehead atoms. The van der Waals surface area contributed by atoms with E-state index in [1.807, 2.05) is 44.2 Å². The molecule has 2 nitrogen and oxygen atoms in total. The summed E-state index contributed by atoms with van der Waals surface area (Å²) in [6.45, 7) is 7.41. The van der Waals surface area contributed by atoms with Crippen molar-refractivity contribution in [2.24, 2.45) is 5.92 Å². The van der Waals surface area contributed by atoms with E-state index in [2.05, 4.69) is 0 Å². The monoisotopic (exact) mass is 240 g/mol. The zero-order chi connectivity index (χ0) is 12.4. The minimum atomic E-state index is -3.11. The third-order valence-electron chi connectivity index (χ3n) is 2.80. The molecule has 1 aromatic rings. The van der Waals surface area contributed by atoms with Crippen LogP contribution in [0.2, 0.25) is 0 Å². The van der Waals surface area contributed by atoms with Gasteiger partial charge in [0.2, 0.25) is 0 Å². The molecule has 0 aliphatic rings. The Balaban J connectivity index is 3.12.